The Kier molecular flexibility index (Phi) is 5.49. The lowest BCUT2D eigenvalue weighted by Gasteiger charge is -2.27. The second-order valence-corrected chi connectivity index (χ2v) is 11.7. The highest BCUT2D eigenvalue weighted by Gasteiger charge is 2.28. The van der Waals surface area contributed by atoms with Gasteiger partial charge in [0.15, 0.2) is 5.65 Å². The first-order valence-electron chi connectivity index (χ1n) is 11.8. The molecule has 0 saturated carbocycles. The standard InChI is InChI=1S/C31H23N4P/c1-23-21-30(35-29-20-12-11-19-28(29)33-31(35)27(23)22-32)34-36(24-13-5-2-6-14-24,25-15-7-3-8-16-25)26-17-9-4-10-18-26/h2-21H,1H3. The van der Waals surface area contributed by atoms with Crippen molar-refractivity contribution >= 4 is 45.5 Å². The molecule has 2 aromatic heterocycles. The summed E-state index contributed by atoms with van der Waals surface area (Å²) in [5, 5.41) is 13.5. The first-order valence-corrected chi connectivity index (χ1v) is 13.6. The predicted octanol–water partition coefficient (Wildman–Crippen LogP) is 6.48. The zero-order valence-electron chi connectivity index (χ0n) is 19.8. The number of imidazole rings is 1. The van der Waals surface area contributed by atoms with E-state index in [9.17, 15) is 5.26 Å². The molecule has 0 radical (unpaired) electrons. The first-order chi connectivity index (χ1) is 17.7. The zero-order chi connectivity index (χ0) is 24.5. The van der Waals surface area contributed by atoms with E-state index < -0.39 is 7.05 Å². The molecule has 0 unspecified atom stereocenters. The lowest BCUT2D eigenvalue weighted by Crippen LogP contribution is -2.25. The van der Waals surface area contributed by atoms with Crippen LogP contribution < -0.4 is 15.9 Å². The Morgan fingerprint density at radius 1 is 0.722 bits per heavy atom. The topological polar surface area (TPSA) is 53.5 Å². The van der Waals surface area contributed by atoms with Gasteiger partial charge in [0.1, 0.15) is 11.9 Å². The van der Waals surface area contributed by atoms with E-state index >= 15 is 0 Å². The monoisotopic (exact) mass is 482 g/mol. The molecule has 0 amide bonds. The molecule has 0 N–H and O–H groups in total. The number of para-hydroxylation sites is 2. The van der Waals surface area contributed by atoms with Crippen LogP contribution >= 0.6 is 7.05 Å². The number of hydrogen-bond donors (Lipinski definition) is 0. The number of fused-ring (bicyclic) bond motifs is 3. The Labute approximate surface area is 210 Å². The van der Waals surface area contributed by atoms with Crippen LogP contribution in [0.2, 0.25) is 0 Å². The van der Waals surface area contributed by atoms with Gasteiger partial charge in [0.25, 0.3) is 0 Å². The quantitative estimate of drug-likeness (QED) is 0.270. The Morgan fingerprint density at radius 3 is 1.75 bits per heavy atom. The van der Waals surface area contributed by atoms with Crippen LogP contribution in [-0.2, 0) is 0 Å². The van der Waals surface area contributed by atoms with E-state index in [2.05, 4.69) is 78.9 Å². The van der Waals surface area contributed by atoms with Crippen molar-refractivity contribution in [1.82, 2.24) is 9.38 Å². The van der Waals surface area contributed by atoms with Gasteiger partial charge in [-0.05, 0) is 30.7 Å². The summed E-state index contributed by atoms with van der Waals surface area (Å²) >= 11 is 0. The van der Waals surface area contributed by atoms with E-state index in [1.807, 2.05) is 59.9 Å². The van der Waals surface area contributed by atoms with Crippen LogP contribution in [0.4, 0.5) is 5.82 Å². The molecule has 0 aliphatic carbocycles. The molecule has 172 valence electrons. The highest BCUT2D eigenvalue weighted by Crippen LogP contribution is 2.49. The number of nitriles is 1. The highest BCUT2D eigenvalue weighted by molar-refractivity contribution is 7.87. The Hall–Kier alpha value is -4.45. The SMILES string of the molecule is Cc1cc(N=P(c2ccccc2)(c2ccccc2)c2ccccc2)n2c(nc3ccccc32)c1C#N. The number of rotatable bonds is 4. The lowest BCUT2D eigenvalue weighted by molar-refractivity contribution is 1.17. The molecule has 0 saturated heterocycles. The average Bonchev–Trinajstić information content (AvgIpc) is 3.33. The van der Waals surface area contributed by atoms with Crippen LogP contribution in [0.1, 0.15) is 11.1 Å². The summed E-state index contributed by atoms with van der Waals surface area (Å²) in [5.74, 6) is 0.792. The smallest absolute Gasteiger partial charge is 0.157 e. The maximum absolute atomic E-state index is 9.97. The van der Waals surface area contributed by atoms with Gasteiger partial charge in [-0.1, -0.05) is 103 Å². The summed E-state index contributed by atoms with van der Waals surface area (Å²) < 4.78 is 7.76. The third kappa shape index (κ3) is 3.45. The van der Waals surface area contributed by atoms with Crippen molar-refractivity contribution in [3.05, 3.63) is 132 Å². The Balaban J connectivity index is 1.85. The minimum absolute atomic E-state index is 0.577. The fourth-order valence-corrected chi connectivity index (χ4v) is 8.36. The van der Waals surface area contributed by atoms with Gasteiger partial charge < -0.3 is 0 Å². The molecule has 6 rings (SSSR count). The Bertz CT molecular complexity index is 1700. The third-order valence-corrected chi connectivity index (χ3v) is 10.1. The largest absolute Gasteiger partial charge is 0.276 e. The second kappa shape index (κ2) is 8.96. The Morgan fingerprint density at radius 2 is 1.22 bits per heavy atom. The molecule has 0 bridgehead atoms. The molecule has 0 spiro atoms. The summed E-state index contributed by atoms with van der Waals surface area (Å²) in [5.41, 5.74) is 3.87. The van der Waals surface area contributed by atoms with Gasteiger partial charge in [0, 0.05) is 15.9 Å². The number of hydrogen-bond acceptors (Lipinski definition) is 3. The van der Waals surface area contributed by atoms with Gasteiger partial charge in [-0.3, -0.25) is 4.40 Å². The molecule has 0 fully saturated rings. The molecule has 5 heteroatoms. The molecule has 36 heavy (non-hydrogen) atoms. The molecular weight excluding hydrogens is 459 g/mol. The first kappa shape index (κ1) is 22.0. The molecular formula is C31H23N4P. The van der Waals surface area contributed by atoms with E-state index in [-0.39, 0.29) is 0 Å². The van der Waals surface area contributed by atoms with Crippen LogP contribution in [0, 0.1) is 18.3 Å². The maximum atomic E-state index is 9.97. The summed E-state index contributed by atoms with van der Waals surface area (Å²) in [6.07, 6.45) is 0. The molecule has 2 heterocycles. The van der Waals surface area contributed by atoms with E-state index in [1.54, 1.807) is 0 Å². The summed E-state index contributed by atoms with van der Waals surface area (Å²) in [6.45, 7) is 1.96. The zero-order valence-corrected chi connectivity index (χ0v) is 20.7. The number of aryl methyl sites for hydroxylation is 1. The second-order valence-electron chi connectivity index (χ2n) is 8.67. The van der Waals surface area contributed by atoms with Crippen molar-refractivity contribution in [2.75, 3.05) is 0 Å². The predicted molar refractivity (Wildman–Crippen MR) is 149 cm³/mol. The van der Waals surface area contributed by atoms with Crippen molar-refractivity contribution in [1.29, 1.82) is 5.26 Å². The van der Waals surface area contributed by atoms with Crippen molar-refractivity contribution in [3.8, 4) is 6.07 Å². The van der Waals surface area contributed by atoms with Gasteiger partial charge in [0.2, 0.25) is 0 Å². The molecule has 0 atom stereocenters. The van der Waals surface area contributed by atoms with E-state index in [1.165, 1.54) is 15.9 Å². The number of pyridine rings is 1. The van der Waals surface area contributed by atoms with Crippen molar-refractivity contribution in [2.24, 2.45) is 4.74 Å². The molecule has 4 aromatic carbocycles. The van der Waals surface area contributed by atoms with Gasteiger partial charge in [-0.15, -0.1) is 0 Å². The van der Waals surface area contributed by atoms with E-state index in [4.69, 9.17) is 9.73 Å². The molecule has 6 aromatic rings. The normalized spacial score (nSPS) is 11.4. The van der Waals surface area contributed by atoms with Crippen LogP contribution in [-0.4, -0.2) is 9.38 Å². The average molecular weight is 483 g/mol. The summed E-state index contributed by atoms with van der Waals surface area (Å²) in [7, 11) is -2.48. The van der Waals surface area contributed by atoms with Gasteiger partial charge in [-0.2, -0.15) is 5.26 Å². The van der Waals surface area contributed by atoms with Gasteiger partial charge in [0.05, 0.1) is 23.7 Å². The fraction of sp³-hybridized carbons (Fsp3) is 0.0323. The van der Waals surface area contributed by atoms with Crippen LogP contribution in [0.3, 0.4) is 0 Å². The van der Waals surface area contributed by atoms with Gasteiger partial charge >= 0.3 is 0 Å². The third-order valence-electron chi connectivity index (χ3n) is 6.51. The maximum Gasteiger partial charge on any atom is 0.157 e. The number of aromatic nitrogens is 2. The minimum atomic E-state index is -2.48. The van der Waals surface area contributed by atoms with Crippen molar-refractivity contribution in [2.45, 2.75) is 6.92 Å². The van der Waals surface area contributed by atoms with Crippen LogP contribution in [0.5, 0.6) is 0 Å². The fourth-order valence-electron chi connectivity index (χ4n) is 4.85. The minimum Gasteiger partial charge on any atom is -0.276 e. The summed E-state index contributed by atoms with van der Waals surface area (Å²) in [6, 6.07) is 44.1. The van der Waals surface area contributed by atoms with Gasteiger partial charge in [-0.25, -0.2) is 9.73 Å². The summed E-state index contributed by atoms with van der Waals surface area (Å²) in [4.78, 5) is 4.85. The lowest BCUT2D eigenvalue weighted by atomic mass is 10.1. The van der Waals surface area contributed by atoms with Crippen molar-refractivity contribution < 1.29 is 0 Å². The van der Waals surface area contributed by atoms with Crippen LogP contribution in [0.15, 0.2) is 126 Å². The van der Waals surface area contributed by atoms with E-state index in [0.717, 1.165) is 22.4 Å². The van der Waals surface area contributed by atoms with Crippen LogP contribution in [0.25, 0.3) is 16.7 Å². The van der Waals surface area contributed by atoms with Crippen molar-refractivity contribution in [3.63, 3.8) is 0 Å². The molecule has 4 nitrogen and oxygen atoms in total. The highest BCUT2D eigenvalue weighted by atomic mass is 31.2. The molecule has 0 aliphatic heterocycles. The molecule has 0 aliphatic rings. The number of benzene rings is 4. The number of nitrogens with zero attached hydrogens (tertiary/aromatic N) is 4. The van der Waals surface area contributed by atoms with E-state index in [0.29, 0.717) is 11.2 Å².